The molecule has 1 aliphatic heterocycles. The highest BCUT2D eigenvalue weighted by atomic mass is 31.0. The van der Waals surface area contributed by atoms with Crippen molar-refractivity contribution in [2.45, 2.75) is 19.4 Å². The largest absolute Gasteiger partial charge is 0.480 e. The maximum absolute atomic E-state index is 12.7. The van der Waals surface area contributed by atoms with Crippen LogP contribution in [0.15, 0.2) is 42.5 Å². The van der Waals surface area contributed by atoms with E-state index in [0.717, 1.165) is 39.8 Å². The number of fused-ring (bicyclic) bond motifs is 5. The summed E-state index contributed by atoms with van der Waals surface area (Å²) in [7, 11) is 2.26. The Bertz CT molecular complexity index is 917. The van der Waals surface area contributed by atoms with Gasteiger partial charge in [-0.05, 0) is 35.7 Å². The number of amides is 1. The quantitative estimate of drug-likeness (QED) is 0.694. The Morgan fingerprint density at radius 2 is 2.04 bits per heavy atom. The zero-order valence-corrected chi connectivity index (χ0v) is 13.9. The van der Waals surface area contributed by atoms with Gasteiger partial charge in [0.2, 0.25) is 0 Å². The lowest BCUT2D eigenvalue weighted by molar-refractivity contribution is 0.0933. The first-order chi connectivity index (χ1) is 11.2. The molecule has 0 fully saturated rings. The van der Waals surface area contributed by atoms with Crippen molar-refractivity contribution >= 4 is 26.3 Å². The van der Waals surface area contributed by atoms with Crippen LogP contribution in [0.1, 0.15) is 35.4 Å². The molecule has 4 nitrogen and oxygen atoms in total. The molecule has 0 radical (unpaired) electrons. The third-order valence-electron chi connectivity index (χ3n) is 4.45. The van der Waals surface area contributed by atoms with Gasteiger partial charge < -0.3 is 14.8 Å². The number of benzene rings is 2. The second-order valence-corrected chi connectivity index (χ2v) is 5.96. The molecule has 2 atom stereocenters. The van der Waals surface area contributed by atoms with Crippen LogP contribution in [0.5, 0.6) is 5.75 Å². The van der Waals surface area contributed by atoms with Crippen molar-refractivity contribution in [3.63, 3.8) is 0 Å². The van der Waals surface area contributed by atoms with Crippen LogP contribution in [0.3, 0.4) is 0 Å². The third-order valence-corrected chi connectivity index (χ3v) is 4.72. The van der Waals surface area contributed by atoms with Crippen LogP contribution < -0.4 is 9.84 Å². The second-order valence-electron chi connectivity index (χ2n) is 5.72. The zero-order valence-electron chi connectivity index (χ0n) is 12.7. The Morgan fingerprint density at radius 1 is 1.22 bits per heavy atom. The van der Waals surface area contributed by atoms with Gasteiger partial charge in [0.15, 0.2) is 0 Å². The van der Waals surface area contributed by atoms with E-state index in [0.29, 0.717) is 5.69 Å². The Hall–Kier alpha value is -2.32. The van der Waals surface area contributed by atoms with Crippen molar-refractivity contribution in [3.05, 3.63) is 53.7 Å². The molecule has 0 saturated heterocycles. The molecule has 4 rings (SSSR count). The molecule has 23 heavy (non-hydrogen) atoms. The van der Waals surface area contributed by atoms with Gasteiger partial charge in [0, 0.05) is 16.5 Å². The van der Waals surface area contributed by atoms with Crippen molar-refractivity contribution in [3.8, 4) is 16.9 Å². The predicted octanol–water partition coefficient (Wildman–Crippen LogP) is 4.20. The van der Waals surface area contributed by atoms with Gasteiger partial charge in [-0.1, -0.05) is 31.2 Å². The van der Waals surface area contributed by atoms with E-state index < -0.39 is 0 Å². The molecule has 2 unspecified atom stereocenters. The monoisotopic (exact) mass is 324 g/mol. The van der Waals surface area contributed by atoms with E-state index in [1.165, 1.54) is 0 Å². The normalized spacial score (nSPS) is 16.4. The Morgan fingerprint density at radius 3 is 2.83 bits per heavy atom. The maximum atomic E-state index is 12.7. The lowest BCUT2D eigenvalue weighted by Crippen LogP contribution is -2.27. The summed E-state index contributed by atoms with van der Waals surface area (Å²) in [6, 6.07) is 14.0. The first-order valence-corrected chi connectivity index (χ1v) is 8.12. The SMILES string of the molecule is CCC1NC(=O)c2[nH]c3ccc(OP)cc3c2-c2ccccc21. The molecule has 1 amide bonds. The highest BCUT2D eigenvalue weighted by Crippen LogP contribution is 2.40. The zero-order chi connectivity index (χ0) is 16.0. The fourth-order valence-corrected chi connectivity index (χ4v) is 3.50. The number of carbonyl (C=O) groups is 1. The molecule has 1 aromatic heterocycles. The molecule has 0 spiro atoms. The minimum atomic E-state index is -0.0624. The van der Waals surface area contributed by atoms with Crippen molar-refractivity contribution in [2.24, 2.45) is 0 Å². The number of H-pyrrole nitrogens is 1. The lowest BCUT2D eigenvalue weighted by Gasteiger charge is -2.17. The summed E-state index contributed by atoms with van der Waals surface area (Å²) in [4.78, 5) is 16.0. The van der Waals surface area contributed by atoms with Crippen LogP contribution in [0, 0.1) is 0 Å². The van der Waals surface area contributed by atoms with Gasteiger partial charge in [-0.15, -0.1) is 0 Å². The van der Waals surface area contributed by atoms with E-state index in [4.69, 9.17) is 4.52 Å². The number of aromatic amines is 1. The van der Waals surface area contributed by atoms with Crippen LogP contribution in [0.4, 0.5) is 0 Å². The summed E-state index contributed by atoms with van der Waals surface area (Å²) in [6.45, 7) is 2.08. The summed E-state index contributed by atoms with van der Waals surface area (Å²) < 4.78 is 5.27. The van der Waals surface area contributed by atoms with E-state index >= 15 is 0 Å². The van der Waals surface area contributed by atoms with Crippen LogP contribution in [-0.4, -0.2) is 10.9 Å². The van der Waals surface area contributed by atoms with Crippen molar-refractivity contribution in [1.82, 2.24) is 10.3 Å². The molecule has 1 aliphatic rings. The van der Waals surface area contributed by atoms with Gasteiger partial charge >= 0.3 is 0 Å². The van der Waals surface area contributed by atoms with Crippen molar-refractivity contribution in [1.29, 1.82) is 0 Å². The number of hydrogen-bond acceptors (Lipinski definition) is 2. The number of hydrogen-bond donors (Lipinski definition) is 2. The topological polar surface area (TPSA) is 54.1 Å². The second kappa shape index (κ2) is 5.39. The van der Waals surface area contributed by atoms with Gasteiger partial charge in [0.1, 0.15) is 11.4 Å². The fourth-order valence-electron chi connectivity index (χ4n) is 3.35. The summed E-state index contributed by atoms with van der Waals surface area (Å²) in [5.74, 6) is 0.686. The first kappa shape index (κ1) is 14.3. The molecule has 2 N–H and O–H groups in total. The van der Waals surface area contributed by atoms with Crippen LogP contribution in [0.2, 0.25) is 0 Å². The van der Waals surface area contributed by atoms with Gasteiger partial charge in [-0.25, -0.2) is 0 Å². The average Bonchev–Trinajstić information content (AvgIpc) is 2.92. The summed E-state index contributed by atoms with van der Waals surface area (Å²) in [5, 5.41) is 4.12. The Labute approximate surface area is 136 Å². The number of aromatic nitrogens is 1. The first-order valence-electron chi connectivity index (χ1n) is 7.65. The van der Waals surface area contributed by atoms with Gasteiger partial charge in [-0.2, -0.15) is 0 Å². The number of carbonyl (C=O) groups excluding carboxylic acids is 1. The van der Waals surface area contributed by atoms with E-state index in [2.05, 4.69) is 38.8 Å². The van der Waals surface area contributed by atoms with E-state index in [1.54, 1.807) is 0 Å². The standard InChI is InChI=1S/C18H17N2O2P/c1-2-14-11-5-3-4-6-12(11)16-13-9-10(22-23)7-8-15(13)19-17(16)18(21)20-14/h3-9,14,19H,2,23H2,1H3,(H,20,21). The van der Waals surface area contributed by atoms with Gasteiger partial charge in [0.05, 0.1) is 15.5 Å². The maximum Gasteiger partial charge on any atom is 0.268 e. The molecule has 3 aromatic rings. The number of rotatable bonds is 2. The molecular weight excluding hydrogens is 307 g/mol. The molecule has 0 aliphatic carbocycles. The molecule has 0 bridgehead atoms. The average molecular weight is 324 g/mol. The molecular formula is C18H17N2O2P. The van der Waals surface area contributed by atoms with Crippen LogP contribution in [0.25, 0.3) is 22.0 Å². The van der Waals surface area contributed by atoms with Crippen molar-refractivity contribution < 1.29 is 9.32 Å². The Kier molecular flexibility index (Phi) is 3.35. The summed E-state index contributed by atoms with van der Waals surface area (Å²) in [5.41, 5.74) is 4.75. The Balaban J connectivity index is 2.09. The summed E-state index contributed by atoms with van der Waals surface area (Å²) >= 11 is 0. The highest BCUT2D eigenvalue weighted by molar-refractivity contribution is 7.10. The molecule has 2 aromatic carbocycles. The van der Waals surface area contributed by atoms with Crippen molar-refractivity contribution in [2.75, 3.05) is 0 Å². The van der Waals surface area contributed by atoms with Crippen LogP contribution >= 0.6 is 9.47 Å². The van der Waals surface area contributed by atoms with E-state index in [9.17, 15) is 4.79 Å². The highest BCUT2D eigenvalue weighted by Gasteiger charge is 2.28. The predicted molar refractivity (Wildman–Crippen MR) is 94.6 cm³/mol. The summed E-state index contributed by atoms with van der Waals surface area (Å²) in [6.07, 6.45) is 0.852. The van der Waals surface area contributed by atoms with Crippen LogP contribution in [-0.2, 0) is 0 Å². The molecule has 116 valence electrons. The fraction of sp³-hybridized carbons (Fsp3) is 0.167. The lowest BCUT2D eigenvalue weighted by atomic mass is 9.93. The molecule has 0 saturated carbocycles. The smallest absolute Gasteiger partial charge is 0.268 e. The van der Waals surface area contributed by atoms with E-state index in [1.807, 2.05) is 30.3 Å². The number of nitrogens with one attached hydrogen (secondary N) is 2. The third kappa shape index (κ3) is 2.13. The molecule has 5 heteroatoms. The minimum Gasteiger partial charge on any atom is -0.480 e. The molecule has 2 heterocycles. The minimum absolute atomic E-state index is 0.0238. The van der Waals surface area contributed by atoms with E-state index in [-0.39, 0.29) is 11.9 Å². The van der Waals surface area contributed by atoms with Gasteiger partial charge in [0.25, 0.3) is 5.91 Å². The van der Waals surface area contributed by atoms with Gasteiger partial charge in [-0.3, -0.25) is 4.79 Å².